The molecule has 0 amide bonds. The Morgan fingerprint density at radius 3 is 2.73 bits per heavy atom. The van der Waals surface area contributed by atoms with Crippen LogP contribution in [-0.2, 0) is 13.0 Å². The maximum atomic E-state index is 12.6. The summed E-state index contributed by atoms with van der Waals surface area (Å²) in [5, 5.41) is 24.4. The van der Waals surface area contributed by atoms with Crippen molar-refractivity contribution in [2.75, 3.05) is 0 Å². The van der Waals surface area contributed by atoms with Crippen LogP contribution in [0.2, 0.25) is 0 Å². The second kappa shape index (κ2) is 4.79. The molecule has 0 fully saturated rings. The minimum absolute atomic E-state index is 0.0341. The van der Waals surface area contributed by atoms with Gasteiger partial charge in [0, 0.05) is 0 Å². The van der Waals surface area contributed by atoms with E-state index in [2.05, 4.69) is 10.3 Å². The molecule has 1 rings (SSSR count). The third-order valence-electron chi connectivity index (χ3n) is 1.74. The third kappa shape index (κ3) is 2.70. The highest BCUT2D eigenvalue weighted by molar-refractivity contribution is 5.15. The lowest BCUT2D eigenvalue weighted by atomic mass is 10.2. The number of rotatable bonds is 4. The quantitative estimate of drug-likeness (QED) is 0.802. The van der Waals surface area contributed by atoms with Crippen LogP contribution in [0.15, 0.2) is 0 Å². The molecule has 15 heavy (non-hydrogen) atoms. The smallest absolute Gasteiger partial charge is 0.281 e. The Morgan fingerprint density at radius 1 is 1.60 bits per heavy atom. The second-order valence-corrected chi connectivity index (χ2v) is 3.09. The zero-order valence-electron chi connectivity index (χ0n) is 8.06. The highest BCUT2D eigenvalue weighted by atomic mass is 19.3. The molecule has 0 radical (unpaired) electrons. The van der Waals surface area contributed by atoms with Crippen LogP contribution < -0.4 is 0 Å². The maximum absolute atomic E-state index is 12.6. The van der Waals surface area contributed by atoms with E-state index in [0.717, 1.165) is 4.68 Å². The maximum Gasteiger partial charge on any atom is 0.281 e. The van der Waals surface area contributed by atoms with E-state index in [0.29, 0.717) is 0 Å². The average Bonchev–Trinajstić information content (AvgIpc) is 2.47. The number of hydrogen-bond acceptors (Lipinski definition) is 4. The van der Waals surface area contributed by atoms with E-state index < -0.39 is 18.2 Å². The fourth-order valence-electron chi connectivity index (χ4n) is 1.18. The van der Waals surface area contributed by atoms with Crippen molar-refractivity contribution < 1.29 is 13.9 Å². The van der Waals surface area contributed by atoms with E-state index in [9.17, 15) is 8.78 Å². The number of aliphatic hydroxyl groups is 1. The summed E-state index contributed by atoms with van der Waals surface area (Å²) in [5.74, 6) is 0. The minimum Gasteiger partial charge on any atom is -0.391 e. The van der Waals surface area contributed by atoms with Gasteiger partial charge in [0.15, 0.2) is 0 Å². The van der Waals surface area contributed by atoms with Gasteiger partial charge in [0.25, 0.3) is 6.43 Å². The Bertz CT molecular complexity index is 369. The van der Waals surface area contributed by atoms with Crippen molar-refractivity contribution in [1.82, 2.24) is 15.0 Å². The zero-order valence-corrected chi connectivity index (χ0v) is 8.06. The van der Waals surface area contributed by atoms with Crippen LogP contribution in [0.3, 0.4) is 0 Å². The molecule has 0 aliphatic rings. The zero-order chi connectivity index (χ0) is 11.4. The first-order valence-electron chi connectivity index (χ1n) is 4.31. The molecule has 1 heterocycles. The van der Waals surface area contributed by atoms with E-state index in [1.54, 1.807) is 6.07 Å². The Labute approximate surface area is 84.9 Å². The molecule has 0 aromatic carbocycles. The summed E-state index contributed by atoms with van der Waals surface area (Å²) in [6.07, 6.45) is -3.75. The predicted octanol–water partition coefficient (Wildman–Crippen LogP) is 0.663. The summed E-state index contributed by atoms with van der Waals surface area (Å²) in [6, 6.07) is 1.73. The van der Waals surface area contributed by atoms with Crippen molar-refractivity contribution in [3.05, 3.63) is 11.4 Å². The highest BCUT2D eigenvalue weighted by Gasteiger charge is 2.21. The molecule has 1 unspecified atom stereocenters. The largest absolute Gasteiger partial charge is 0.391 e. The van der Waals surface area contributed by atoms with Gasteiger partial charge in [-0.2, -0.15) is 5.26 Å². The van der Waals surface area contributed by atoms with Crippen molar-refractivity contribution in [2.45, 2.75) is 32.4 Å². The van der Waals surface area contributed by atoms with Crippen LogP contribution >= 0.6 is 0 Å². The minimum atomic E-state index is -2.75. The van der Waals surface area contributed by atoms with Gasteiger partial charge in [-0.3, -0.25) is 0 Å². The lowest BCUT2D eigenvalue weighted by Gasteiger charge is -2.07. The number of hydrogen-bond donors (Lipinski definition) is 1. The first kappa shape index (κ1) is 11.5. The molecule has 5 nitrogen and oxygen atoms in total. The van der Waals surface area contributed by atoms with Crippen LogP contribution in [0, 0.1) is 11.3 Å². The molecule has 1 aromatic rings. The van der Waals surface area contributed by atoms with Crippen LogP contribution in [0.25, 0.3) is 0 Å². The molecular weight excluding hydrogens is 206 g/mol. The summed E-state index contributed by atoms with van der Waals surface area (Å²) in [5.41, 5.74) is -0.425. The molecule has 0 aliphatic carbocycles. The molecule has 0 saturated carbocycles. The predicted molar refractivity (Wildman–Crippen MR) is 46.0 cm³/mol. The van der Waals surface area contributed by atoms with Crippen molar-refractivity contribution in [1.29, 1.82) is 5.26 Å². The summed E-state index contributed by atoms with van der Waals surface area (Å²) >= 11 is 0. The average molecular weight is 216 g/mol. The third-order valence-corrected chi connectivity index (χ3v) is 1.74. The summed E-state index contributed by atoms with van der Waals surface area (Å²) in [6.45, 7) is 1.40. The van der Waals surface area contributed by atoms with Gasteiger partial charge >= 0.3 is 0 Å². The number of nitriles is 1. The Hall–Kier alpha value is -1.55. The highest BCUT2D eigenvalue weighted by Crippen LogP contribution is 2.21. The van der Waals surface area contributed by atoms with E-state index >= 15 is 0 Å². The summed E-state index contributed by atoms with van der Waals surface area (Å²) in [4.78, 5) is 0. The number of aliphatic hydroxyl groups excluding tert-OH is 1. The van der Waals surface area contributed by atoms with Gasteiger partial charge in [-0.1, -0.05) is 5.21 Å². The molecule has 7 heteroatoms. The molecule has 0 bridgehead atoms. The first-order valence-corrected chi connectivity index (χ1v) is 4.31. The number of halogens is 2. The number of alkyl halides is 2. The van der Waals surface area contributed by atoms with Crippen molar-refractivity contribution in [2.24, 2.45) is 0 Å². The van der Waals surface area contributed by atoms with E-state index in [4.69, 9.17) is 10.4 Å². The van der Waals surface area contributed by atoms with E-state index in [1.807, 2.05) is 0 Å². The van der Waals surface area contributed by atoms with E-state index in [-0.39, 0.29) is 18.7 Å². The normalized spacial score (nSPS) is 12.8. The van der Waals surface area contributed by atoms with Gasteiger partial charge in [-0.15, -0.1) is 5.10 Å². The van der Waals surface area contributed by atoms with Gasteiger partial charge in [0.1, 0.15) is 11.4 Å². The van der Waals surface area contributed by atoms with Crippen molar-refractivity contribution >= 4 is 0 Å². The van der Waals surface area contributed by atoms with Gasteiger partial charge < -0.3 is 5.11 Å². The fourth-order valence-corrected chi connectivity index (χ4v) is 1.18. The summed E-state index contributed by atoms with van der Waals surface area (Å²) in [7, 11) is 0. The Balaban J connectivity index is 3.02. The van der Waals surface area contributed by atoms with Crippen LogP contribution in [-0.4, -0.2) is 26.2 Å². The lowest BCUT2D eigenvalue weighted by molar-refractivity contribution is 0.124. The van der Waals surface area contributed by atoms with Crippen LogP contribution in [0.5, 0.6) is 0 Å². The second-order valence-electron chi connectivity index (χ2n) is 3.09. The van der Waals surface area contributed by atoms with Gasteiger partial charge in [0.2, 0.25) is 0 Å². The van der Waals surface area contributed by atoms with Gasteiger partial charge in [-0.25, -0.2) is 13.5 Å². The Kier molecular flexibility index (Phi) is 3.68. The fraction of sp³-hybridized carbons (Fsp3) is 0.625. The molecule has 1 N–H and O–H groups in total. The molecule has 0 saturated heterocycles. The SMILES string of the molecule is CC(O)Cn1nnc(CC#N)c1C(F)F. The topological polar surface area (TPSA) is 74.7 Å². The monoisotopic (exact) mass is 216 g/mol. The molecule has 82 valence electrons. The molecular formula is C8H10F2N4O. The molecule has 0 aliphatic heterocycles. The molecule has 0 spiro atoms. The number of nitrogens with zero attached hydrogens (tertiary/aromatic N) is 4. The van der Waals surface area contributed by atoms with Gasteiger partial charge in [0.05, 0.1) is 25.1 Å². The van der Waals surface area contributed by atoms with E-state index in [1.165, 1.54) is 6.92 Å². The standard InChI is InChI=1S/C8H10F2N4O/c1-5(15)4-14-7(8(9)10)6(2-3-11)12-13-14/h5,8,15H,2,4H2,1H3. The number of aromatic nitrogens is 3. The van der Waals surface area contributed by atoms with Gasteiger partial charge in [-0.05, 0) is 6.92 Å². The first-order chi connectivity index (χ1) is 7.06. The molecule has 1 atom stereocenters. The lowest BCUT2D eigenvalue weighted by Crippen LogP contribution is -2.16. The van der Waals surface area contributed by atoms with Crippen molar-refractivity contribution in [3.63, 3.8) is 0 Å². The Morgan fingerprint density at radius 2 is 2.27 bits per heavy atom. The van der Waals surface area contributed by atoms with Crippen LogP contribution in [0.4, 0.5) is 8.78 Å². The summed E-state index contributed by atoms with van der Waals surface area (Å²) < 4.78 is 26.1. The van der Waals surface area contributed by atoms with Crippen LogP contribution in [0.1, 0.15) is 24.7 Å². The molecule has 1 aromatic heterocycles. The van der Waals surface area contributed by atoms with Crippen molar-refractivity contribution in [3.8, 4) is 6.07 Å².